The molecule has 1 aliphatic rings. The van der Waals surface area contributed by atoms with Gasteiger partial charge in [0.05, 0.1) is 23.1 Å². The summed E-state index contributed by atoms with van der Waals surface area (Å²) < 4.78 is 48.4. The molecule has 3 heterocycles. The molecule has 1 N–H and O–H groups in total. The molecule has 12 heteroatoms. The molecule has 3 rings (SSSR count). The molecule has 216 valence electrons. The average molecular weight is 570 g/mol. The largest absolute Gasteiger partial charge is 0.417 e. The number of likely N-dealkylation sites (tertiary alicyclic amines) is 1. The van der Waals surface area contributed by atoms with Gasteiger partial charge in [0.15, 0.2) is 5.01 Å². The molecule has 0 aliphatic carbocycles. The minimum Gasteiger partial charge on any atom is -0.383 e. The van der Waals surface area contributed by atoms with E-state index in [4.69, 9.17) is 4.74 Å². The molecule has 2 atom stereocenters. The van der Waals surface area contributed by atoms with Gasteiger partial charge in [-0.15, -0.1) is 11.3 Å². The van der Waals surface area contributed by atoms with Crippen LogP contribution in [0.15, 0.2) is 12.3 Å². The van der Waals surface area contributed by atoms with Crippen LogP contribution in [0.1, 0.15) is 86.7 Å². The molecule has 1 saturated heterocycles. The second kappa shape index (κ2) is 12.2. The Labute approximate surface area is 231 Å². The molecule has 2 aromatic rings. The summed E-state index contributed by atoms with van der Waals surface area (Å²) in [6.45, 7) is 12.2. The molecule has 0 aromatic carbocycles. The Morgan fingerprint density at radius 1 is 1.28 bits per heavy atom. The predicted molar refractivity (Wildman–Crippen MR) is 146 cm³/mol. The fraction of sp³-hybridized carbons (Fsp3) is 0.630. The van der Waals surface area contributed by atoms with Crippen molar-refractivity contribution in [3.63, 3.8) is 0 Å². The normalized spacial score (nSPS) is 16.9. The highest BCUT2D eigenvalue weighted by molar-refractivity contribution is 7.17. The third kappa shape index (κ3) is 7.08. The standard InChI is InChI=1S/C27H38F3N5O3S/c1-8-17(15-38-7)34(9-2)25(37)23-32-21(24(36)35-12-10-11-16(35)3)22(39-23)18-14-31-20(33-26(4,5)6)13-19(18)27(28,29)30/h13-14,16-17H,8-12,15H2,1-7H3,(H,31,33). The molecule has 0 spiro atoms. The van der Waals surface area contributed by atoms with Crippen LogP contribution in [-0.2, 0) is 10.9 Å². The van der Waals surface area contributed by atoms with Crippen LogP contribution in [0.25, 0.3) is 10.4 Å². The number of pyridine rings is 1. The number of nitrogens with zero attached hydrogens (tertiary/aromatic N) is 4. The number of anilines is 1. The molecule has 1 aliphatic heterocycles. The van der Waals surface area contributed by atoms with Crippen molar-refractivity contribution in [2.75, 3.05) is 32.1 Å². The Hall–Kier alpha value is -2.73. The predicted octanol–water partition coefficient (Wildman–Crippen LogP) is 5.95. The maximum Gasteiger partial charge on any atom is 0.417 e. The van der Waals surface area contributed by atoms with Crippen LogP contribution in [-0.4, -0.2) is 76.0 Å². The number of aromatic nitrogens is 2. The van der Waals surface area contributed by atoms with Crippen LogP contribution in [0.2, 0.25) is 0 Å². The van der Waals surface area contributed by atoms with E-state index in [2.05, 4.69) is 15.3 Å². The number of halogens is 3. The molecule has 2 unspecified atom stereocenters. The van der Waals surface area contributed by atoms with Crippen molar-refractivity contribution in [3.05, 3.63) is 28.5 Å². The highest BCUT2D eigenvalue weighted by Crippen LogP contribution is 2.42. The van der Waals surface area contributed by atoms with E-state index in [9.17, 15) is 22.8 Å². The second-order valence-corrected chi connectivity index (χ2v) is 11.8. The number of carbonyl (C=O) groups is 2. The van der Waals surface area contributed by atoms with E-state index in [1.54, 1.807) is 16.9 Å². The summed E-state index contributed by atoms with van der Waals surface area (Å²) in [6, 6.07) is 0.620. The van der Waals surface area contributed by atoms with Crippen LogP contribution in [0, 0.1) is 0 Å². The number of rotatable bonds is 9. The zero-order chi connectivity index (χ0) is 29.1. The monoisotopic (exact) mass is 569 g/mol. The van der Waals surface area contributed by atoms with Gasteiger partial charge in [0.2, 0.25) is 0 Å². The van der Waals surface area contributed by atoms with Gasteiger partial charge >= 0.3 is 6.18 Å². The van der Waals surface area contributed by atoms with Crippen LogP contribution < -0.4 is 5.32 Å². The first-order valence-electron chi connectivity index (χ1n) is 13.2. The van der Waals surface area contributed by atoms with E-state index in [0.29, 0.717) is 26.1 Å². The van der Waals surface area contributed by atoms with Gasteiger partial charge in [-0.1, -0.05) is 6.92 Å². The minimum atomic E-state index is -4.73. The van der Waals surface area contributed by atoms with Crippen LogP contribution in [0.3, 0.4) is 0 Å². The SMILES string of the molecule is CCC(COC)N(CC)C(=O)c1nc(C(=O)N2CCCC2C)c(-c2cnc(NC(C)(C)C)cc2C(F)(F)F)s1. The summed E-state index contributed by atoms with van der Waals surface area (Å²) in [5.74, 6) is -0.876. The Balaban J connectivity index is 2.19. The summed E-state index contributed by atoms with van der Waals surface area (Å²) >= 11 is 0.797. The van der Waals surface area contributed by atoms with Gasteiger partial charge in [-0.05, 0) is 59.9 Å². The molecular formula is C27H38F3N5O3S. The summed E-state index contributed by atoms with van der Waals surface area (Å²) in [5, 5.41) is 2.93. The van der Waals surface area contributed by atoms with E-state index in [1.165, 1.54) is 0 Å². The van der Waals surface area contributed by atoms with Gasteiger partial charge in [-0.25, -0.2) is 9.97 Å². The van der Waals surface area contributed by atoms with E-state index in [0.717, 1.165) is 36.4 Å². The maximum atomic E-state index is 14.4. The van der Waals surface area contributed by atoms with Crippen LogP contribution in [0.4, 0.5) is 19.0 Å². The minimum absolute atomic E-state index is 0.0135. The highest BCUT2D eigenvalue weighted by Gasteiger charge is 2.39. The molecule has 1 fully saturated rings. The molecular weight excluding hydrogens is 531 g/mol. The lowest BCUT2D eigenvalue weighted by atomic mass is 10.1. The van der Waals surface area contributed by atoms with Crippen molar-refractivity contribution in [2.45, 2.75) is 84.6 Å². The first-order chi connectivity index (χ1) is 18.2. The number of carbonyl (C=O) groups excluding carboxylic acids is 2. The maximum absolute atomic E-state index is 14.4. The number of ether oxygens (including phenoxy) is 1. The number of alkyl halides is 3. The molecule has 0 bridgehead atoms. The molecule has 39 heavy (non-hydrogen) atoms. The number of hydrogen-bond donors (Lipinski definition) is 1. The number of thiazole rings is 1. The summed E-state index contributed by atoms with van der Waals surface area (Å²) in [7, 11) is 1.54. The topological polar surface area (TPSA) is 87.7 Å². The Kier molecular flexibility index (Phi) is 9.64. The second-order valence-electron chi connectivity index (χ2n) is 10.8. The van der Waals surface area contributed by atoms with Gasteiger partial charge in [-0.2, -0.15) is 13.2 Å². The van der Waals surface area contributed by atoms with E-state index < -0.39 is 29.1 Å². The van der Waals surface area contributed by atoms with Gasteiger partial charge in [0.25, 0.3) is 11.8 Å². The third-order valence-corrected chi connectivity index (χ3v) is 7.73. The molecule has 2 aromatic heterocycles. The number of hydrogen-bond acceptors (Lipinski definition) is 7. The van der Waals surface area contributed by atoms with Crippen molar-refractivity contribution in [1.29, 1.82) is 0 Å². The Bertz CT molecular complexity index is 1180. The van der Waals surface area contributed by atoms with Gasteiger partial charge in [0, 0.05) is 43.5 Å². The quantitative estimate of drug-likeness (QED) is 0.402. The number of nitrogens with one attached hydrogen (secondary N) is 1. The zero-order valence-electron chi connectivity index (χ0n) is 23.6. The van der Waals surface area contributed by atoms with Crippen molar-refractivity contribution in [1.82, 2.24) is 19.8 Å². The van der Waals surface area contributed by atoms with E-state index >= 15 is 0 Å². The summed E-state index contributed by atoms with van der Waals surface area (Å²) in [5.41, 5.74) is -1.90. The fourth-order valence-corrected chi connectivity index (χ4v) is 5.78. The van der Waals surface area contributed by atoms with Gasteiger partial charge < -0.3 is 19.9 Å². The zero-order valence-corrected chi connectivity index (χ0v) is 24.4. The lowest BCUT2D eigenvalue weighted by Gasteiger charge is -2.28. The molecule has 0 radical (unpaired) electrons. The summed E-state index contributed by atoms with van der Waals surface area (Å²) in [6.07, 6.45) is -1.42. The smallest absolute Gasteiger partial charge is 0.383 e. The lowest BCUT2D eigenvalue weighted by molar-refractivity contribution is -0.137. The first kappa shape index (κ1) is 30.8. The summed E-state index contributed by atoms with van der Waals surface area (Å²) in [4.78, 5) is 39.1. The first-order valence-corrected chi connectivity index (χ1v) is 14.0. The highest BCUT2D eigenvalue weighted by atomic mass is 32.1. The third-order valence-electron chi connectivity index (χ3n) is 6.66. The molecule has 8 nitrogen and oxygen atoms in total. The molecule has 0 saturated carbocycles. The number of likely N-dealkylation sites (N-methyl/N-ethyl adjacent to an activating group) is 1. The Morgan fingerprint density at radius 2 is 1.97 bits per heavy atom. The fourth-order valence-electron chi connectivity index (χ4n) is 4.74. The van der Waals surface area contributed by atoms with E-state index in [-0.39, 0.29) is 39.0 Å². The number of amides is 2. The van der Waals surface area contributed by atoms with Crippen molar-refractivity contribution in [3.8, 4) is 10.4 Å². The lowest BCUT2D eigenvalue weighted by Crippen LogP contribution is -2.42. The van der Waals surface area contributed by atoms with Crippen molar-refractivity contribution in [2.24, 2.45) is 0 Å². The van der Waals surface area contributed by atoms with Crippen LogP contribution >= 0.6 is 11.3 Å². The van der Waals surface area contributed by atoms with E-state index in [1.807, 2.05) is 41.5 Å². The Morgan fingerprint density at radius 3 is 2.49 bits per heavy atom. The number of methoxy groups -OCH3 is 1. The van der Waals surface area contributed by atoms with Crippen molar-refractivity contribution < 1.29 is 27.5 Å². The van der Waals surface area contributed by atoms with Gasteiger partial charge in [0.1, 0.15) is 11.5 Å². The van der Waals surface area contributed by atoms with Gasteiger partial charge in [-0.3, -0.25) is 9.59 Å². The molecule has 2 amide bonds. The average Bonchev–Trinajstić information content (AvgIpc) is 3.48. The van der Waals surface area contributed by atoms with Crippen molar-refractivity contribution >= 4 is 29.0 Å². The van der Waals surface area contributed by atoms with Crippen LogP contribution in [0.5, 0.6) is 0 Å².